The molecule has 0 heterocycles. The van der Waals surface area contributed by atoms with Gasteiger partial charge < -0.3 is 16.2 Å². The molecule has 0 aliphatic carbocycles. The van der Waals surface area contributed by atoms with Crippen LogP contribution >= 0.6 is 23.2 Å². The summed E-state index contributed by atoms with van der Waals surface area (Å²) in [5, 5.41) is 0.246. The highest BCUT2D eigenvalue weighted by Crippen LogP contribution is 2.33. The second-order valence-corrected chi connectivity index (χ2v) is 3.84. The van der Waals surface area contributed by atoms with Gasteiger partial charge in [0, 0.05) is 10.6 Å². The van der Waals surface area contributed by atoms with Crippen molar-refractivity contribution < 1.29 is 13.5 Å². The molecule has 0 aliphatic heterocycles. The number of halogens is 4. The minimum Gasteiger partial charge on any atom is -0.433 e. The Hall–Kier alpha value is -1.27. The highest BCUT2D eigenvalue weighted by Gasteiger charge is 2.14. The van der Waals surface area contributed by atoms with Crippen LogP contribution in [0, 0.1) is 0 Å². The van der Waals surface area contributed by atoms with E-state index in [-0.39, 0.29) is 33.9 Å². The van der Waals surface area contributed by atoms with Crippen molar-refractivity contribution in [3.05, 3.63) is 27.7 Å². The Morgan fingerprint density at radius 1 is 1.35 bits per heavy atom. The maximum absolute atomic E-state index is 12.2. The number of hydrogen-bond donors (Lipinski definition) is 2. The van der Waals surface area contributed by atoms with E-state index in [1.54, 1.807) is 0 Å². The lowest BCUT2D eigenvalue weighted by molar-refractivity contribution is -0.0503. The van der Waals surface area contributed by atoms with Gasteiger partial charge in [0.2, 0.25) is 0 Å². The van der Waals surface area contributed by atoms with Crippen molar-refractivity contribution in [2.75, 3.05) is 0 Å². The zero-order chi connectivity index (χ0) is 13.0. The first-order valence-electron chi connectivity index (χ1n) is 4.38. The summed E-state index contributed by atoms with van der Waals surface area (Å²) in [4.78, 5) is 3.68. The molecule has 0 fully saturated rings. The Labute approximate surface area is 106 Å². The average Bonchev–Trinajstić information content (AvgIpc) is 2.18. The van der Waals surface area contributed by atoms with Crippen molar-refractivity contribution in [1.29, 1.82) is 0 Å². The molecule has 0 aliphatic rings. The monoisotopic (exact) mass is 283 g/mol. The molecule has 1 aromatic carbocycles. The number of alkyl halides is 2. The summed E-state index contributed by atoms with van der Waals surface area (Å²) in [5.74, 6) is -0.361. The number of ether oxygens (including phenoxy) is 1. The molecular formula is C9H9Cl2F2N3O. The summed E-state index contributed by atoms with van der Waals surface area (Å²) in [6, 6.07) is 2.69. The Kier molecular flexibility index (Phi) is 4.77. The molecule has 0 atom stereocenters. The van der Waals surface area contributed by atoms with Crippen LogP contribution in [0.3, 0.4) is 0 Å². The summed E-state index contributed by atoms with van der Waals surface area (Å²) >= 11 is 11.5. The van der Waals surface area contributed by atoms with E-state index < -0.39 is 6.61 Å². The number of hydrogen-bond acceptors (Lipinski definition) is 2. The van der Waals surface area contributed by atoms with Gasteiger partial charge in [-0.2, -0.15) is 8.78 Å². The van der Waals surface area contributed by atoms with Crippen LogP contribution in [0.5, 0.6) is 5.75 Å². The number of nitrogens with two attached hydrogens (primary N) is 2. The molecule has 17 heavy (non-hydrogen) atoms. The third-order valence-electron chi connectivity index (χ3n) is 1.72. The van der Waals surface area contributed by atoms with Gasteiger partial charge in [0.25, 0.3) is 0 Å². The quantitative estimate of drug-likeness (QED) is 0.658. The Balaban J connectivity index is 3.11. The summed E-state index contributed by atoms with van der Waals surface area (Å²) in [7, 11) is 0. The van der Waals surface area contributed by atoms with E-state index in [2.05, 4.69) is 9.73 Å². The van der Waals surface area contributed by atoms with Gasteiger partial charge in [0.1, 0.15) is 5.75 Å². The molecule has 0 unspecified atom stereocenters. The Morgan fingerprint density at radius 2 is 2.00 bits per heavy atom. The molecule has 0 bridgehead atoms. The number of rotatable bonds is 4. The molecule has 8 heteroatoms. The summed E-state index contributed by atoms with van der Waals surface area (Å²) in [6.45, 7) is -3.04. The smallest absolute Gasteiger partial charge is 0.387 e. The molecule has 94 valence electrons. The highest BCUT2D eigenvalue weighted by molar-refractivity contribution is 6.35. The molecule has 4 nitrogen and oxygen atoms in total. The lowest BCUT2D eigenvalue weighted by Gasteiger charge is -2.11. The molecule has 0 spiro atoms. The third kappa shape index (κ3) is 4.24. The Morgan fingerprint density at radius 3 is 2.53 bits per heavy atom. The van der Waals surface area contributed by atoms with Crippen LogP contribution < -0.4 is 16.2 Å². The molecule has 4 N–H and O–H groups in total. The number of benzene rings is 1. The van der Waals surface area contributed by atoms with E-state index in [0.29, 0.717) is 0 Å². The zero-order valence-electron chi connectivity index (χ0n) is 8.46. The highest BCUT2D eigenvalue weighted by atomic mass is 35.5. The summed E-state index contributed by atoms with van der Waals surface area (Å²) in [5.41, 5.74) is 10.6. The molecule has 0 radical (unpaired) electrons. The molecule has 0 aromatic heterocycles. The van der Waals surface area contributed by atoms with Crippen LogP contribution in [0.15, 0.2) is 17.1 Å². The van der Waals surface area contributed by atoms with Crippen LogP contribution in [-0.4, -0.2) is 12.6 Å². The van der Waals surface area contributed by atoms with Crippen LogP contribution in [0.25, 0.3) is 0 Å². The second-order valence-electron chi connectivity index (χ2n) is 3.00. The van der Waals surface area contributed by atoms with Crippen molar-refractivity contribution in [2.24, 2.45) is 16.5 Å². The number of guanidine groups is 1. The molecular weight excluding hydrogens is 275 g/mol. The number of aliphatic imine (C=N–C) groups is 1. The van der Waals surface area contributed by atoms with E-state index >= 15 is 0 Å². The third-order valence-corrected chi connectivity index (χ3v) is 2.22. The SMILES string of the molecule is NC(N)=NCc1cc(Cl)cc(Cl)c1OC(F)F. The summed E-state index contributed by atoms with van der Waals surface area (Å²) in [6.07, 6.45) is 0. The van der Waals surface area contributed by atoms with Crippen LogP contribution in [-0.2, 0) is 6.54 Å². The van der Waals surface area contributed by atoms with Crippen molar-refractivity contribution >= 4 is 29.2 Å². The summed E-state index contributed by atoms with van der Waals surface area (Å²) < 4.78 is 28.7. The fourth-order valence-corrected chi connectivity index (χ4v) is 1.71. The normalized spacial score (nSPS) is 10.4. The fraction of sp³-hybridized carbons (Fsp3) is 0.222. The number of nitrogens with zero attached hydrogens (tertiary/aromatic N) is 1. The molecule has 1 aromatic rings. The van der Waals surface area contributed by atoms with Gasteiger partial charge in [0.15, 0.2) is 5.96 Å². The minimum atomic E-state index is -2.99. The predicted molar refractivity (Wildman–Crippen MR) is 62.6 cm³/mol. The maximum Gasteiger partial charge on any atom is 0.387 e. The molecule has 0 amide bonds. The second kappa shape index (κ2) is 5.88. The fourth-order valence-electron chi connectivity index (χ4n) is 1.13. The van der Waals surface area contributed by atoms with Gasteiger partial charge >= 0.3 is 6.61 Å². The van der Waals surface area contributed by atoms with E-state index in [4.69, 9.17) is 34.7 Å². The maximum atomic E-state index is 12.2. The molecule has 0 saturated carbocycles. The van der Waals surface area contributed by atoms with Gasteiger partial charge in [-0.3, -0.25) is 0 Å². The lowest BCUT2D eigenvalue weighted by atomic mass is 10.2. The van der Waals surface area contributed by atoms with E-state index in [0.717, 1.165) is 0 Å². The van der Waals surface area contributed by atoms with E-state index in [1.807, 2.05) is 0 Å². The van der Waals surface area contributed by atoms with Crippen molar-refractivity contribution in [3.63, 3.8) is 0 Å². The topological polar surface area (TPSA) is 73.6 Å². The lowest BCUT2D eigenvalue weighted by Crippen LogP contribution is -2.22. The first-order chi connectivity index (χ1) is 7.90. The molecule has 0 saturated heterocycles. The van der Waals surface area contributed by atoms with Gasteiger partial charge in [-0.25, -0.2) is 4.99 Å². The largest absolute Gasteiger partial charge is 0.433 e. The Bertz CT molecular complexity index is 436. The van der Waals surface area contributed by atoms with Gasteiger partial charge in [0.05, 0.1) is 11.6 Å². The van der Waals surface area contributed by atoms with E-state index in [9.17, 15) is 8.78 Å². The molecule has 1 rings (SSSR count). The zero-order valence-corrected chi connectivity index (χ0v) is 9.97. The first-order valence-corrected chi connectivity index (χ1v) is 5.14. The first kappa shape index (κ1) is 13.8. The van der Waals surface area contributed by atoms with Crippen LogP contribution in [0.1, 0.15) is 5.56 Å². The van der Waals surface area contributed by atoms with Crippen LogP contribution in [0.2, 0.25) is 10.0 Å². The van der Waals surface area contributed by atoms with Gasteiger partial charge in [-0.05, 0) is 12.1 Å². The van der Waals surface area contributed by atoms with Crippen molar-refractivity contribution in [2.45, 2.75) is 13.2 Å². The van der Waals surface area contributed by atoms with Crippen molar-refractivity contribution in [1.82, 2.24) is 0 Å². The van der Waals surface area contributed by atoms with Gasteiger partial charge in [-0.15, -0.1) is 0 Å². The van der Waals surface area contributed by atoms with E-state index in [1.165, 1.54) is 12.1 Å². The predicted octanol–water partition coefficient (Wildman–Crippen LogP) is 2.37. The van der Waals surface area contributed by atoms with Crippen LogP contribution in [0.4, 0.5) is 8.78 Å². The van der Waals surface area contributed by atoms with Crippen molar-refractivity contribution in [3.8, 4) is 5.75 Å². The standard InChI is InChI=1S/C9H9Cl2F2N3O/c10-5-1-4(3-16-9(14)15)7(6(11)2-5)17-8(12)13/h1-2,8H,3H2,(H4,14,15,16). The minimum absolute atomic E-state index is 0.0291. The average molecular weight is 284 g/mol. The van der Waals surface area contributed by atoms with Gasteiger partial charge in [-0.1, -0.05) is 23.2 Å².